The molecule has 3 aromatic rings. The van der Waals surface area contributed by atoms with Crippen LogP contribution in [0.5, 0.6) is 0 Å². The number of nitrogens with zero attached hydrogens (tertiary/aromatic N) is 2. The van der Waals surface area contributed by atoms with E-state index in [1.807, 2.05) is 6.07 Å². The second-order valence-electron chi connectivity index (χ2n) is 5.43. The number of halogens is 3. The second-order valence-corrected chi connectivity index (χ2v) is 6.95. The number of aromatic nitrogens is 2. The van der Waals surface area contributed by atoms with Crippen LogP contribution in [0.3, 0.4) is 0 Å². The quantitative estimate of drug-likeness (QED) is 0.302. The number of aryl methyl sites for hydroxylation is 1. The van der Waals surface area contributed by atoms with Crippen LogP contribution in [0.4, 0.5) is 10.1 Å². The van der Waals surface area contributed by atoms with E-state index in [0.29, 0.717) is 37.0 Å². The predicted molar refractivity (Wildman–Crippen MR) is 112 cm³/mol. The fraction of sp³-hybridized carbons (Fsp3) is 0.176. The molecule has 2 aromatic heterocycles. The molecule has 0 fully saturated rings. The lowest BCUT2D eigenvalue weighted by Crippen LogP contribution is -2.14. The fourth-order valence-corrected chi connectivity index (χ4v) is 3.72. The summed E-state index contributed by atoms with van der Waals surface area (Å²) in [6, 6.07) is 8.12. The average molecular weight is 549 g/mol. The summed E-state index contributed by atoms with van der Waals surface area (Å²) in [6.07, 6.45) is 0. The van der Waals surface area contributed by atoms with E-state index in [-0.39, 0.29) is 11.2 Å². The molecular weight excluding hydrogens is 535 g/mol. The first kappa shape index (κ1) is 17.6. The van der Waals surface area contributed by atoms with Crippen LogP contribution in [-0.2, 0) is 8.86 Å². The van der Waals surface area contributed by atoms with Gasteiger partial charge in [-0.2, -0.15) is 0 Å². The van der Waals surface area contributed by atoms with Crippen LogP contribution in [0.15, 0.2) is 35.1 Å². The number of alkyl halides is 2. The third-order valence-electron chi connectivity index (χ3n) is 3.83. The van der Waals surface area contributed by atoms with Gasteiger partial charge in [-0.3, -0.25) is 9.36 Å². The molecule has 3 rings (SSSR count). The zero-order valence-corrected chi connectivity index (χ0v) is 17.1. The van der Waals surface area contributed by atoms with E-state index in [0.717, 1.165) is 11.3 Å². The maximum absolute atomic E-state index is 14.7. The molecule has 0 amide bonds. The molecule has 0 spiro atoms. The first-order valence-electron chi connectivity index (χ1n) is 7.18. The van der Waals surface area contributed by atoms with Gasteiger partial charge in [0.05, 0.1) is 16.8 Å². The Labute approximate surface area is 165 Å². The molecule has 2 heterocycles. The molecule has 0 saturated carbocycles. The molecule has 0 unspecified atom stereocenters. The Hall–Kier alpha value is -1.23. The van der Waals surface area contributed by atoms with E-state index in [1.54, 1.807) is 23.6 Å². The molecule has 0 saturated heterocycles. The van der Waals surface area contributed by atoms with E-state index < -0.39 is 0 Å². The number of hydrogen-bond donors (Lipinski definition) is 1. The maximum atomic E-state index is 14.7. The molecule has 1 aromatic carbocycles. The highest BCUT2D eigenvalue weighted by atomic mass is 127. The van der Waals surface area contributed by atoms with Crippen molar-refractivity contribution < 1.29 is 4.39 Å². The van der Waals surface area contributed by atoms with E-state index >= 15 is 0 Å². The topological polar surface area (TPSA) is 60.9 Å². The van der Waals surface area contributed by atoms with E-state index in [2.05, 4.69) is 50.2 Å². The van der Waals surface area contributed by atoms with Crippen molar-refractivity contribution in [1.82, 2.24) is 9.55 Å². The zero-order chi connectivity index (χ0) is 17.4. The lowest BCUT2D eigenvalue weighted by atomic mass is 10.1. The summed E-state index contributed by atoms with van der Waals surface area (Å²) in [5, 5.41) is 0.463. The van der Waals surface area contributed by atoms with Crippen LogP contribution in [-0.4, -0.2) is 9.55 Å². The molecule has 0 aliphatic carbocycles. The van der Waals surface area contributed by atoms with Gasteiger partial charge in [-0.15, -0.1) is 0 Å². The summed E-state index contributed by atoms with van der Waals surface area (Å²) in [5.41, 5.74) is 9.41. The van der Waals surface area contributed by atoms with Crippen LogP contribution < -0.4 is 11.2 Å². The number of benzene rings is 1. The number of nitrogens with two attached hydrogens (primary N) is 1. The van der Waals surface area contributed by atoms with Gasteiger partial charge in [0.2, 0.25) is 0 Å². The van der Waals surface area contributed by atoms with E-state index in [9.17, 15) is 9.18 Å². The Kier molecular flexibility index (Phi) is 5.09. The molecule has 24 heavy (non-hydrogen) atoms. The second kappa shape index (κ2) is 6.95. The lowest BCUT2D eigenvalue weighted by molar-refractivity contribution is 0.616. The molecule has 124 valence electrons. The molecule has 0 atom stereocenters. The summed E-state index contributed by atoms with van der Waals surface area (Å²) in [7, 11) is 0. The van der Waals surface area contributed by atoms with E-state index in [4.69, 9.17) is 5.73 Å². The number of pyridine rings is 2. The highest BCUT2D eigenvalue weighted by Gasteiger charge is 2.15. The van der Waals surface area contributed by atoms with Gasteiger partial charge in [0.1, 0.15) is 11.5 Å². The molecule has 0 aliphatic heterocycles. The smallest absolute Gasteiger partial charge is 0.191 e. The van der Waals surface area contributed by atoms with Crippen molar-refractivity contribution in [1.29, 1.82) is 0 Å². The van der Waals surface area contributed by atoms with Crippen molar-refractivity contribution in [2.45, 2.75) is 15.8 Å². The highest BCUT2D eigenvalue weighted by Crippen LogP contribution is 2.26. The van der Waals surface area contributed by atoms with Crippen molar-refractivity contribution in [3.8, 4) is 5.69 Å². The Morgan fingerprint density at radius 3 is 2.62 bits per heavy atom. The monoisotopic (exact) mass is 549 g/mol. The number of rotatable bonds is 3. The Balaban J connectivity index is 2.42. The predicted octanol–water partition coefficient (Wildman–Crippen LogP) is 4.29. The van der Waals surface area contributed by atoms with Gasteiger partial charge < -0.3 is 5.73 Å². The standard InChI is InChI=1S/C17H14FI2N3O/c1-9-4-16(24)12-3-2-11(8-20)22-17(12)23(9)15-6-14(21)10(7-19)5-13(15)18/h2-6H,7-8,21H2,1H3. The van der Waals surface area contributed by atoms with E-state index in [1.165, 1.54) is 12.1 Å². The molecule has 0 bridgehead atoms. The van der Waals surface area contributed by atoms with Crippen molar-refractivity contribution in [2.75, 3.05) is 5.73 Å². The number of nitrogen functional groups attached to an aromatic ring is 1. The van der Waals surface area contributed by atoms with Gasteiger partial charge in [-0.1, -0.05) is 45.2 Å². The average Bonchev–Trinajstić information content (AvgIpc) is 2.56. The van der Waals surface area contributed by atoms with Crippen LogP contribution >= 0.6 is 45.2 Å². The highest BCUT2D eigenvalue weighted by molar-refractivity contribution is 14.1. The summed E-state index contributed by atoms with van der Waals surface area (Å²) < 4.78 is 17.7. The third-order valence-corrected chi connectivity index (χ3v) is 5.44. The Morgan fingerprint density at radius 1 is 1.21 bits per heavy atom. The SMILES string of the molecule is Cc1cc(=O)c2ccc(CI)nc2n1-c1cc(N)c(CI)cc1F. The maximum Gasteiger partial charge on any atom is 0.191 e. The normalized spacial score (nSPS) is 11.2. The summed E-state index contributed by atoms with van der Waals surface area (Å²) in [6.45, 7) is 1.76. The molecule has 0 aliphatic rings. The van der Waals surface area contributed by atoms with Gasteiger partial charge >= 0.3 is 0 Å². The lowest BCUT2D eigenvalue weighted by Gasteiger charge is -2.16. The van der Waals surface area contributed by atoms with Gasteiger partial charge in [0.15, 0.2) is 5.43 Å². The number of hydrogen-bond acceptors (Lipinski definition) is 3. The van der Waals surface area contributed by atoms with Crippen LogP contribution in [0.25, 0.3) is 16.7 Å². The van der Waals surface area contributed by atoms with Crippen molar-refractivity contribution in [2.24, 2.45) is 0 Å². The summed E-state index contributed by atoms with van der Waals surface area (Å²) in [5.74, 6) is -0.384. The Morgan fingerprint density at radius 2 is 1.96 bits per heavy atom. The van der Waals surface area contributed by atoms with Crippen molar-refractivity contribution in [3.05, 3.63) is 63.3 Å². The first-order valence-corrected chi connectivity index (χ1v) is 10.2. The number of fused-ring (bicyclic) bond motifs is 1. The zero-order valence-electron chi connectivity index (χ0n) is 12.8. The third kappa shape index (κ3) is 3.03. The molecule has 4 nitrogen and oxygen atoms in total. The minimum absolute atomic E-state index is 0.122. The Bertz CT molecular complexity index is 1000. The molecule has 0 radical (unpaired) electrons. The van der Waals surface area contributed by atoms with Crippen molar-refractivity contribution in [3.63, 3.8) is 0 Å². The molecule has 7 heteroatoms. The van der Waals surface area contributed by atoms with Crippen molar-refractivity contribution >= 4 is 61.9 Å². The minimum Gasteiger partial charge on any atom is -0.398 e. The van der Waals surface area contributed by atoms with Gasteiger partial charge in [-0.05, 0) is 36.8 Å². The first-order chi connectivity index (χ1) is 11.5. The van der Waals surface area contributed by atoms with Gasteiger partial charge in [0.25, 0.3) is 0 Å². The van der Waals surface area contributed by atoms with Crippen LogP contribution in [0.2, 0.25) is 0 Å². The minimum atomic E-state index is -0.384. The summed E-state index contributed by atoms with van der Waals surface area (Å²) in [4.78, 5) is 16.8. The van der Waals surface area contributed by atoms with Crippen LogP contribution in [0.1, 0.15) is 17.0 Å². The fourth-order valence-electron chi connectivity index (χ4n) is 2.63. The van der Waals surface area contributed by atoms with Gasteiger partial charge in [0, 0.05) is 26.3 Å². The van der Waals surface area contributed by atoms with Gasteiger partial charge in [-0.25, -0.2) is 9.37 Å². The molecule has 2 N–H and O–H groups in total. The summed E-state index contributed by atoms with van der Waals surface area (Å²) >= 11 is 4.35. The van der Waals surface area contributed by atoms with Crippen LogP contribution in [0, 0.1) is 12.7 Å². The largest absolute Gasteiger partial charge is 0.398 e. The number of anilines is 1. The molecular formula is C17H14FI2N3O.